The van der Waals surface area contributed by atoms with Crippen molar-refractivity contribution in [2.45, 2.75) is 32.0 Å². The lowest BCUT2D eigenvalue weighted by Gasteiger charge is -2.33. The number of halogens is 4. The van der Waals surface area contributed by atoms with Gasteiger partial charge in [0.1, 0.15) is 16.8 Å². The molecule has 2 aromatic rings. The van der Waals surface area contributed by atoms with Crippen molar-refractivity contribution in [2.24, 2.45) is 0 Å². The molecule has 0 saturated carbocycles. The van der Waals surface area contributed by atoms with E-state index < -0.39 is 16.9 Å². The molecule has 0 N–H and O–H groups in total. The summed E-state index contributed by atoms with van der Waals surface area (Å²) < 4.78 is 50.1. The minimum absolute atomic E-state index is 0.162. The van der Waals surface area contributed by atoms with Crippen molar-refractivity contribution < 1.29 is 22.6 Å². The standard InChI is InChI=1S/C18H19ClF3N3O2/c1-2-26-14-7-3-4-8-15(14)27-12-6-5-9-25(11-12)17-23-10-13(16(19)24-17)18(20,21)22/h3-4,7-8,10,12H,2,5-6,9,11H2,1H3/t12-/m1/s1. The van der Waals surface area contributed by atoms with Crippen molar-refractivity contribution in [3.8, 4) is 11.5 Å². The number of alkyl halides is 3. The number of hydrogen-bond acceptors (Lipinski definition) is 5. The van der Waals surface area contributed by atoms with Gasteiger partial charge in [0.25, 0.3) is 0 Å². The van der Waals surface area contributed by atoms with Crippen LogP contribution in [0.25, 0.3) is 0 Å². The molecule has 0 unspecified atom stereocenters. The molecule has 2 heterocycles. The maximum absolute atomic E-state index is 12.8. The van der Waals surface area contributed by atoms with E-state index in [1.54, 1.807) is 4.90 Å². The predicted octanol–water partition coefficient (Wildman–Crippen LogP) is 4.60. The number of piperidine rings is 1. The van der Waals surface area contributed by atoms with Crippen LogP contribution in [0, 0.1) is 0 Å². The molecule has 0 aliphatic carbocycles. The highest BCUT2D eigenvalue weighted by atomic mass is 35.5. The monoisotopic (exact) mass is 401 g/mol. The number of benzene rings is 1. The molecule has 1 aromatic heterocycles. The van der Waals surface area contributed by atoms with E-state index in [1.807, 2.05) is 31.2 Å². The second-order valence-electron chi connectivity index (χ2n) is 6.08. The smallest absolute Gasteiger partial charge is 0.420 e. The maximum atomic E-state index is 12.8. The molecule has 1 saturated heterocycles. The van der Waals surface area contributed by atoms with Gasteiger partial charge >= 0.3 is 6.18 Å². The summed E-state index contributed by atoms with van der Waals surface area (Å²) in [4.78, 5) is 9.46. The summed E-state index contributed by atoms with van der Waals surface area (Å²) in [7, 11) is 0. The van der Waals surface area contributed by atoms with Gasteiger partial charge in [-0.25, -0.2) is 9.97 Å². The third kappa shape index (κ3) is 4.74. The minimum atomic E-state index is -4.58. The van der Waals surface area contributed by atoms with Gasteiger partial charge < -0.3 is 14.4 Å². The summed E-state index contributed by atoms with van der Waals surface area (Å²) in [5.74, 6) is 1.46. The molecular weight excluding hydrogens is 383 g/mol. The molecule has 1 aromatic carbocycles. The summed E-state index contributed by atoms with van der Waals surface area (Å²) >= 11 is 5.71. The molecule has 1 aliphatic heterocycles. The van der Waals surface area contributed by atoms with Crippen LogP contribution < -0.4 is 14.4 Å². The highest BCUT2D eigenvalue weighted by Gasteiger charge is 2.35. The molecule has 0 spiro atoms. The Morgan fingerprint density at radius 3 is 2.67 bits per heavy atom. The summed E-state index contributed by atoms with van der Waals surface area (Å²) in [5, 5.41) is -0.600. The van der Waals surface area contributed by atoms with E-state index in [1.165, 1.54) is 0 Å². The molecule has 5 nitrogen and oxygen atoms in total. The summed E-state index contributed by atoms with van der Waals surface area (Å²) in [6.07, 6.45) is -2.41. The molecule has 1 atom stereocenters. The fraction of sp³-hybridized carbons (Fsp3) is 0.444. The third-order valence-electron chi connectivity index (χ3n) is 4.14. The van der Waals surface area contributed by atoms with E-state index in [0.29, 0.717) is 31.2 Å². The first-order valence-corrected chi connectivity index (χ1v) is 8.99. The molecule has 0 radical (unpaired) electrons. The first-order valence-electron chi connectivity index (χ1n) is 8.61. The molecule has 27 heavy (non-hydrogen) atoms. The molecule has 1 aliphatic rings. The lowest BCUT2D eigenvalue weighted by molar-refractivity contribution is -0.137. The summed E-state index contributed by atoms with van der Waals surface area (Å²) in [6.45, 7) is 3.48. The predicted molar refractivity (Wildman–Crippen MR) is 95.5 cm³/mol. The average Bonchev–Trinajstić information content (AvgIpc) is 2.63. The van der Waals surface area contributed by atoms with Gasteiger partial charge in [-0.05, 0) is 31.9 Å². The van der Waals surface area contributed by atoms with Crippen LogP contribution in [0.2, 0.25) is 5.15 Å². The van der Waals surface area contributed by atoms with E-state index in [2.05, 4.69) is 9.97 Å². The topological polar surface area (TPSA) is 47.5 Å². The Bertz CT molecular complexity index is 789. The Hall–Kier alpha value is -2.22. The molecule has 1 fully saturated rings. The molecule has 9 heteroatoms. The zero-order valence-corrected chi connectivity index (χ0v) is 15.4. The molecule has 0 bridgehead atoms. The second-order valence-corrected chi connectivity index (χ2v) is 6.44. The number of aromatic nitrogens is 2. The van der Waals surface area contributed by atoms with Crippen LogP contribution in [0.1, 0.15) is 25.3 Å². The lowest BCUT2D eigenvalue weighted by atomic mass is 10.1. The van der Waals surface area contributed by atoms with Gasteiger partial charge in [0.2, 0.25) is 5.95 Å². The van der Waals surface area contributed by atoms with Crippen molar-refractivity contribution in [2.75, 3.05) is 24.6 Å². The SMILES string of the molecule is CCOc1ccccc1O[C@@H]1CCCN(c2ncc(C(F)(F)F)c(Cl)n2)C1. The number of ether oxygens (including phenoxy) is 2. The van der Waals surface area contributed by atoms with E-state index in [0.717, 1.165) is 19.0 Å². The van der Waals surface area contributed by atoms with Crippen LogP contribution in [0.15, 0.2) is 30.5 Å². The summed E-state index contributed by atoms with van der Waals surface area (Å²) in [5.41, 5.74) is -1.04. The van der Waals surface area contributed by atoms with Crippen LogP contribution in [0.5, 0.6) is 11.5 Å². The lowest BCUT2D eigenvalue weighted by Crippen LogP contribution is -2.42. The highest BCUT2D eigenvalue weighted by molar-refractivity contribution is 6.30. The van der Waals surface area contributed by atoms with Crippen LogP contribution in [0.3, 0.4) is 0 Å². The summed E-state index contributed by atoms with van der Waals surface area (Å²) in [6, 6.07) is 7.38. The van der Waals surface area contributed by atoms with Gasteiger partial charge in [-0.15, -0.1) is 0 Å². The Morgan fingerprint density at radius 2 is 2.00 bits per heavy atom. The first kappa shape index (κ1) is 19.5. The fourth-order valence-corrected chi connectivity index (χ4v) is 3.14. The average molecular weight is 402 g/mol. The van der Waals surface area contributed by atoms with Gasteiger partial charge in [0.15, 0.2) is 11.5 Å². The molecule has 146 valence electrons. The maximum Gasteiger partial charge on any atom is 0.420 e. The third-order valence-corrected chi connectivity index (χ3v) is 4.43. The van der Waals surface area contributed by atoms with Crippen molar-refractivity contribution in [3.05, 3.63) is 41.2 Å². The number of rotatable bonds is 5. The van der Waals surface area contributed by atoms with Gasteiger partial charge in [0.05, 0.1) is 13.2 Å². The van der Waals surface area contributed by atoms with Crippen LogP contribution in [-0.2, 0) is 6.18 Å². The van der Waals surface area contributed by atoms with E-state index >= 15 is 0 Å². The van der Waals surface area contributed by atoms with Crippen LogP contribution in [-0.4, -0.2) is 35.8 Å². The highest BCUT2D eigenvalue weighted by Crippen LogP contribution is 2.34. The quantitative estimate of drug-likeness (QED) is 0.685. The molecule has 3 rings (SSSR count). The Balaban J connectivity index is 1.72. The Labute approximate surface area is 160 Å². The Kier molecular flexibility index (Phi) is 5.94. The molecule has 0 amide bonds. The molecular formula is C18H19ClF3N3O2. The number of anilines is 1. The van der Waals surface area contributed by atoms with Crippen molar-refractivity contribution >= 4 is 17.5 Å². The Morgan fingerprint density at radius 1 is 1.26 bits per heavy atom. The number of hydrogen-bond donors (Lipinski definition) is 0. The van der Waals surface area contributed by atoms with E-state index in [-0.39, 0.29) is 12.1 Å². The largest absolute Gasteiger partial charge is 0.490 e. The van der Waals surface area contributed by atoms with E-state index in [4.69, 9.17) is 21.1 Å². The normalized spacial score (nSPS) is 17.7. The zero-order valence-electron chi connectivity index (χ0n) is 14.7. The van der Waals surface area contributed by atoms with Crippen molar-refractivity contribution in [3.63, 3.8) is 0 Å². The van der Waals surface area contributed by atoms with Gasteiger partial charge in [-0.1, -0.05) is 23.7 Å². The minimum Gasteiger partial charge on any atom is -0.490 e. The fourth-order valence-electron chi connectivity index (χ4n) is 2.91. The van der Waals surface area contributed by atoms with Crippen molar-refractivity contribution in [1.82, 2.24) is 9.97 Å². The van der Waals surface area contributed by atoms with E-state index in [9.17, 15) is 13.2 Å². The van der Waals surface area contributed by atoms with Gasteiger partial charge in [0, 0.05) is 12.7 Å². The van der Waals surface area contributed by atoms with Gasteiger partial charge in [-0.3, -0.25) is 0 Å². The zero-order chi connectivity index (χ0) is 19.4. The number of para-hydroxylation sites is 2. The van der Waals surface area contributed by atoms with Crippen molar-refractivity contribution in [1.29, 1.82) is 0 Å². The van der Waals surface area contributed by atoms with Crippen LogP contribution in [0.4, 0.5) is 19.1 Å². The second kappa shape index (κ2) is 8.21. The van der Waals surface area contributed by atoms with Gasteiger partial charge in [-0.2, -0.15) is 13.2 Å². The number of nitrogens with zero attached hydrogens (tertiary/aromatic N) is 3. The first-order chi connectivity index (χ1) is 12.9. The van der Waals surface area contributed by atoms with Crippen LogP contribution >= 0.6 is 11.6 Å².